The van der Waals surface area contributed by atoms with E-state index in [4.69, 9.17) is 10.2 Å². The molecule has 0 aliphatic heterocycles. The monoisotopic (exact) mass is 725 g/mol. The van der Waals surface area contributed by atoms with Crippen molar-refractivity contribution in [3.05, 3.63) is 204 Å². The highest BCUT2D eigenvalue weighted by molar-refractivity contribution is 6.11. The van der Waals surface area contributed by atoms with Crippen molar-refractivity contribution >= 4 is 49.3 Å². The minimum absolute atomic E-state index is 0.175. The summed E-state index contributed by atoms with van der Waals surface area (Å²) >= 11 is 0. The minimum Gasteiger partial charge on any atom is -0.455 e. The molecule has 2 aromatic heterocycles. The zero-order valence-electron chi connectivity index (χ0n) is 31.3. The van der Waals surface area contributed by atoms with Crippen LogP contribution >= 0.6 is 0 Å². The summed E-state index contributed by atoms with van der Waals surface area (Å²) in [6.07, 6.45) is 17.7. The zero-order chi connectivity index (χ0) is 37.4. The second-order valence-corrected chi connectivity index (χ2v) is 14.9. The molecule has 2 aliphatic carbocycles. The topological polar surface area (TPSA) is 56.1 Å². The van der Waals surface area contributed by atoms with Gasteiger partial charge in [0, 0.05) is 45.0 Å². The first-order chi connectivity index (χ1) is 27.7. The van der Waals surface area contributed by atoms with Gasteiger partial charge in [0.1, 0.15) is 11.2 Å². The summed E-state index contributed by atoms with van der Waals surface area (Å²) in [5, 5.41) is 8.61. The van der Waals surface area contributed by atoms with Crippen molar-refractivity contribution in [1.82, 2.24) is 9.88 Å². The van der Waals surface area contributed by atoms with E-state index in [9.17, 15) is 0 Å². The molecule has 272 valence electrons. The van der Waals surface area contributed by atoms with Crippen LogP contribution in [0.15, 0.2) is 197 Å². The Hall–Kier alpha value is -6.62. The van der Waals surface area contributed by atoms with Crippen molar-refractivity contribution in [2.75, 3.05) is 6.54 Å². The maximum atomic E-state index is 6.70. The number of allylic oxidation sites excluding steroid dienone is 7. The summed E-state index contributed by atoms with van der Waals surface area (Å²) in [6, 6.07) is 49.5. The van der Waals surface area contributed by atoms with Crippen LogP contribution in [0, 0.1) is 0 Å². The Morgan fingerprint density at radius 3 is 2.34 bits per heavy atom. The molecule has 6 aromatic carbocycles. The van der Waals surface area contributed by atoms with Gasteiger partial charge in [0.2, 0.25) is 0 Å². The van der Waals surface area contributed by atoms with Gasteiger partial charge in [0.15, 0.2) is 0 Å². The molecule has 0 radical (unpaired) electrons. The fraction of sp³-hybridized carbons (Fsp3) is 0.115. The third kappa shape index (κ3) is 6.28. The van der Waals surface area contributed by atoms with Crippen molar-refractivity contribution in [3.63, 3.8) is 0 Å². The Balaban J connectivity index is 0.947. The molecule has 4 heteroatoms. The number of rotatable bonds is 9. The summed E-state index contributed by atoms with van der Waals surface area (Å²) in [7, 11) is 0. The van der Waals surface area contributed by atoms with E-state index in [1.807, 2.05) is 18.2 Å². The van der Waals surface area contributed by atoms with Gasteiger partial charge in [-0.3, -0.25) is 0 Å². The van der Waals surface area contributed by atoms with Crippen LogP contribution in [0.2, 0.25) is 0 Å². The molecule has 0 saturated heterocycles. The fourth-order valence-corrected chi connectivity index (χ4v) is 8.57. The first-order valence-corrected chi connectivity index (χ1v) is 19.7. The standard InChI is InChI=1S/C52H43N3O/c53-47(37-14-3-1-4-15-37)33-48(38-16-5-2-6-17-38)54-34-35-13-11-18-39(31-35)40-27-30-50-46(32-40)43-19-7-9-23-49(43)55(50)41-28-25-36(26-29-41)42-21-12-22-45-44-20-8-10-24-51(44)56-52(42)45/h1-5,7-10,12,14-16,18-33,47,54H,6,11,13,17,34,53H2/b48-33-. The molecule has 10 rings (SSSR count). The number of hydrogen-bond donors (Lipinski definition) is 2. The third-order valence-electron chi connectivity index (χ3n) is 11.4. The lowest BCUT2D eigenvalue weighted by Crippen LogP contribution is -2.21. The summed E-state index contributed by atoms with van der Waals surface area (Å²) in [4.78, 5) is 0. The van der Waals surface area contributed by atoms with E-state index in [1.54, 1.807) is 0 Å². The summed E-state index contributed by atoms with van der Waals surface area (Å²) in [6.45, 7) is 0.786. The second kappa shape index (κ2) is 14.6. The van der Waals surface area contributed by atoms with Gasteiger partial charge in [-0.1, -0.05) is 139 Å². The van der Waals surface area contributed by atoms with Crippen LogP contribution in [0.5, 0.6) is 0 Å². The van der Waals surface area contributed by atoms with E-state index in [2.05, 4.69) is 168 Å². The molecule has 8 aromatic rings. The fourth-order valence-electron chi connectivity index (χ4n) is 8.57. The zero-order valence-corrected chi connectivity index (χ0v) is 31.3. The molecule has 1 atom stereocenters. The Bertz CT molecular complexity index is 2910. The Morgan fingerprint density at radius 2 is 1.48 bits per heavy atom. The van der Waals surface area contributed by atoms with E-state index in [-0.39, 0.29) is 6.04 Å². The summed E-state index contributed by atoms with van der Waals surface area (Å²) in [5.41, 5.74) is 21.8. The number of nitrogens with zero attached hydrogens (tertiary/aromatic N) is 1. The van der Waals surface area contributed by atoms with Gasteiger partial charge in [-0.05, 0) is 96.0 Å². The van der Waals surface area contributed by atoms with Crippen molar-refractivity contribution in [3.8, 4) is 16.8 Å². The average molecular weight is 726 g/mol. The van der Waals surface area contributed by atoms with E-state index in [1.165, 1.54) is 44.1 Å². The molecule has 1 unspecified atom stereocenters. The van der Waals surface area contributed by atoms with Crippen molar-refractivity contribution < 1.29 is 4.42 Å². The predicted molar refractivity (Wildman–Crippen MR) is 235 cm³/mol. The van der Waals surface area contributed by atoms with Gasteiger partial charge < -0.3 is 20.0 Å². The van der Waals surface area contributed by atoms with Crippen LogP contribution in [0.25, 0.3) is 66.1 Å². The van der Waals surface area contributed by atoms with E-state index >= 15 is 0 Å². The molecule has 2 aliphatic rings. The largest absolute Gasteiger partial charge is 0.455 e. The third-order valence-corrected chi connectivity index (χ3v) is 11.4. The van der Waals surface area contributed by atoms with Crippen LogP contribution in [0.3, 0.4) is 0 Å². The number of benzene rings is 6. The number of para-hydroxylation sites is 3. The first-order valence-electron chi connectivity index (χ1n) is 19.7. The predicted octanol–water partition coefficient (Wildman–Crippen LogP) is 12.9. The van der Waals surface area contributed by atoms with Crippen molar-refractivity contribution in [2.24, 2.45) is 5.73 Å². The Morgan fingerprint density at radius 1 is 0.714 bits per heavy atom. The molecular weight excluding hydrogens is 683 g/mol. The molecule has 0 amide bonds. The highest BCUT2D eigenvalue weighted by atomic mass is 16.3. The normalized spacial score (nSPS) is 15.3. The van der Waals surface area contributed by atoms with E-state index < -0.39 is 0 Å². The van der Waals surface area contributed by atoms with Gasteiger partial charge >= 0.3 is 0 Å². The number of fused-ring (bicyclic) bond motifs is 6. The number of hydrogen-bond acceptors (Lipinski definition) is 3. The van der Waals surface area contributed by atoms with Gasteiger partial charge in [0.05, 0.1) is 17.1 Å². The van der Waals surface area contributed by atoms with Gasteiger partial charge in [0.25, 0.3) is 0 Å². The molecular formula is C52H43N3O. The van der Waals surface area contributed by atoms with E-state index in [0.717, 1.165) is 82.2 Å². The van der Waals surface area contributed by atoms with Crippen LogP contribution in [0.4, 0.5) is 0 Å². The SMILES string of the molecule is NC(/C=C(\NCC1=CC(c2ccc3c(c2)c2ccccc2n3-c2ccc(-c3cccc4c3oc3ccccc34)cc2)=CCC1)C1=CC=CCC1)c1ccccc1. The molecule has 0 spiro atoms. The number of aromatic nitrogens is 1. The van der Waals surface area contributed by atoms with Gasteiger partial charge in [-0.2, -0.15) is 0 Å². The molecule has 3 N–H and O–H groups in total. The van der Waals surface area contributed by atoms with Crippen LogP contribution in [-0.4, -0.2) is 11.1 Å². The molecule has 0 saturated carbocycles. The Labute approximate surface area is 327 Å². The summed E-state index contributed by atoms with van der Waals surface area (Å²) < 4.78 is 8.77. The number of nitrogens with one attached hydrogen (secondary N) is 1. The molecule has 56 heavy (non-hydrogen) atoms. The highest BCUT2D eigenvalue weighted by Gasteiger charge is 2.17. The van der Waals surface area contributed by atoms with Gasteiger partial charge in [-0.25, -0.2) is 0 Å². The molecule has 2 heterocycles. The lowest BCUT2D eigenvalue weighted by Gasteiger charge is -2.21. The average Bonchev–Trinajstić information content (AvgIpc) is 3.81. The van der Waals surface area contributed by atoms with Crippen LogP contribution in [0.1, 0.15) is 42.9 Å². The Kier molecular flexibility index (Phi) is 8.81. The molecule has 4 nitrogen and oxygen atoms in total. The lowest BCUT2D eigenvalue weighted by atomic mass is 9.93. The quantitative estimate of drug-likeness (QED) is 0.156. The van der Waals surface area contributed by atoms with Crippen molar-refractivity contribution in [2.45, 2.75) is 31.7 Å². The first kappa shape index (κ1) is 33.9. The number of furan rings is 1. The molecule has 0 bridgehead atoms. The van der Waals surface area contributed by atoms with Crippen LogP contribution < -0.4 is 11.1 Å². The van der Waals surface area contributed by atoms with Crippen molar-refractivity contribution in [1.29, 1.82) is 0 Å². The second-order valence-electron chi connectivity index (χ2n) is 14.9. The maximum Gasteiger partial charge on any atom is 0.143 e. The van der Waals surface area contributed by atoms with Gasteiger partial charge in [-0.15, -0.1) is 0 Å². The highest BCUT2D eigenvalue weighted by Crippen LogP contribution is 2.38. The summed E-state index contributed by atoms with van der Waals surface area (Å²) in [5.74, 6) is 0. The van der Waals surface area contributed by atoms with Crippen LogP contribution in [-0.2, 0) is 0 Å². The smallest absolute Gasteiger partial charge is 0.143 e. The van der Waals surface area contributed by atoms with E-state index in [0.29, 0.717) is 0 Å². The number of nitrogens with two attached hydrogens (primary N) is 1. The molecule has 0 fully saturated rings. The minimum atomic E-state index is -0.175. The lowest BCUT2D eigenvalue weighted by molar-refractivity contribution is 0.670. The maximum absolute atomic E-state index is 6.70.